The molecular formula is C13H26O2. The number of hydrogen-bond donors (Lipinski definition) is 0. The zero-order chi connectivity index (χ0) is 11.8. The first-order valence-corrected chi connectivity index (χ1v) is 6.14. The van der Waals surface area contributed by atoms with Gasteiger partial charge in [-0.25, -0.2) is 0 Å². The molecule has 0 aliphatic carbocycles. The van der Waals surface area contributed by atoms with Crippen LogP contribution in [0.5, 0.6) is 0 Å². The van der Waals surface area contributed by atoms with Crippen molar-refractivity contribution in [1.82, 2.24) is 0 Å². The first-order chi connectivity index (χ1) is 6.99. The minimum atomic E-state index is -0.172. The third-order valence-electron chi connectivity index (χ3n) is 2.45. The van der Waals surface area contributed by atoms with E-state index >= 15 is 0 Å². The lowest BCUT2D eigenvalue weighted by Gasteiger charge is -2.18. The SMILES string of the molecule is CCC[C@H](OCCC(C)C)C(=O)C(C)C. The third kappa shape index (κ3) is 6.67. The fourth-order valence-corrected chi connectivity index (χ4v) is 1.39. The van der Waals surface area contributed by atoms with Gasteiger partial charge in [0, 0.05) is 12.5 Å². The zero-order valence-electron chi connectivity index (χ0n) is 10.9. The molecule has 0 aromatic heterocycles. The van der Waals surface area contributed by atoms with Gasteiger partial charge in [-0.2, -0.15) is 0 Å². The zero-order valence-corrected chi connectivity index (χ0v) is 10.9. The summed E-state index contributed by atoms with van der Waals surface area (Å²) in [5, 5.41) is 0. The van der Waals surface area contributed by atoms with Gasteiger partial charge in [-0.3, -0.25) is 4.79 Å². The van der Waals surface area contributed by atoms with E-state index < -0.39 is 0 Å². The lowest BCUT2D eigenvalue weighted by molar-refractivity contribution is -0.134. The van der Waals surface area contributed by atoms with Gasteiger partial charge in [0.25, 0.3) is 0 Å². The van der Waals surface area contributed by atoms with Gasteiger partial charge >= 0.3 is 0 Å². The highest BCUT2D eigenvalue weighted by Crippen LogP contribution is 2.11. The van der Waals surface area contributed by atoms with Gasteiger partial charge in [0.2, 0.25) is 0 Å². The molecule has 0 heterocycles. The number of carbonyl (C=O) groups excluding carboxylic acids is 1. The lowest BCUT2D eigenvalue weighted by Crippen LogP contribution is -2.28. The molecular weight excluding hydrogens is 188 g/mol. The van der Waals surface area contributed by atoms with Crippen LogP contribution in [0.25, 0.3) is 0 Å². The summed E-state index contributed by atoms with van der Waals surface area (Å²) in [5.74, 6) is 0.975. The molecule has 0 amide bonds. The molecule has 0 N–H and O–H groups in total. The topological polar surface area (TPSA) is 26.3 Å². The molecule has 0 aromatic carbocycles. The summed E-state index contributed by atoms with van der Waals surface area (Å²) in [7, 11) is 0. The smallest absolute Gasteiger partial charge is 0.164 e. The van der Waals surface area contributed by atoms with Crippen LogP contribution in [0.3, 0.4) is 0 Å². The van der Waals surface area contributed by atoms with Gasteiger partial charge in [-0.1, -0.05) is 41.0 Å². The van der Waals surface area contributed by atoms with Crippen molar-refractivity contribution < 1.29 is 9.53 Å². The van der Waals surface area contributed by atoms with Crippen molar-refractivity contribution in [2.24, 2.45) is 11.8 Å². The molecule has 0 aliphatic heterocycles. The summed E-state index contributed by atoms with van der Waals surface area (Å²) in [5.41, 5.74) is 0. The van der Waals surface area contributed by atoms with Gasteiger partial charge in [0.15, 0.2) is 5.78 Å². The van der Waals surface area contributed by atoms with Crippen molar-refractivity contribution in [2.75, 3.05) is 6.61 Å². The number of carbonyl (C=O) groups is 1. The van der Waals surface area contributed by atoms with Crippen LogP contribution in [0, 0.1) is 11.8 Å². The lowest BCUT2D eigenvalue weighted by atomic mass is 10.0. The van der Waals surface area contributed by atoms with Crippen LogP contribution in [-0.2, 0) is 9.53 Å². The average Bonchev–Trinajstić information content (AvgIpc) is 2.14. The number of rotatable bonds is 8. The Bertz CT molecular complexity index is 173. The van der Waals surface area contributed by atoms with E-state index in [-0.39, 0.29) is 17.8 Å². The third-order valence-corrected chi connectivity index (χ3v) is 2.45. The summed E-state index contributed by atoms with van der Waals surface area (Å²) in [6, 6.07) is 0. The highest BCUT2D eigenvalue weighted by atomic mass is 16.5. The maximum atomic E-state index is 11.8. The van der Waals surface area contributed by atoms with Crippen molar-refractivity contribution >= 4 is 5.78 Å². The van der Waals surface area contributed by atoms with Crippen molar-refractivity contribution in [1.29, 1.82) is 0 Å². The second-order valence-corrected chi connectivity index (χ2v) is 4.89. The maximum Gasteiger partial charge on any atom is 0.164 e. The average molecular weight is 214 g/mol. The standard InChI is InChI=1S/C13H26O2/c1-6-7-12(13(14)11(4)5)15-9-8-10(2)3/h10-12H,6-9H2,1-5H3/t12-/m0/s1. The molecule has 2 heteroatoms. The molecule has 2 nitrogen and oxygen atoms in total. The number of ketones is 1. The van der Waals surface area contributed by atoms with E-state index in [0.29, 0.717) is 12.5 Å². The molecule has 0 saturated heterocycles. The van der Waals surface area contributed by atoms with Gasteiger partial charge in [-0.15, -0.1) is 0 Å². The highest BCUT2D eigenvalue weighted by Gasteiger charge is 2.20. The van der Waals surface area contributed by atoms with Crippen LogP contribution in [0.1, 0.15) is 53.9 Å². The van der Waals surface area contributed by atoms with E-state index in [0.717, 1.165) is 19.3 Å². The number of hydrogen-bond acceptors (Lipinski definition) is 2. The fraction of sp³-hybridized carbons (Fsp3) is 0.923. The Labute approximate surface area is 94.4 Å². The Morgan fingerprint density at radius 1 is 1.13 bits per heavy atom. The molecule has 90 valence electrons. The van der Waals surface area contributed by atoms with E-state index in [1.807, 2.05) is 13.8 Å². The molecule has 0 rings (SSSR count). The Hall–Kier alpha value is -0.370. The minimum absolute atomic E-state index is 0.0839. The van der Waals surface area contributed by atoms with Gasteiger partial charge in [0.1, 0.15) is 6.10 Å². The predicted octanol–water partition coefficient (Wildman–Crippen LogP) is 3.44. The molecule has 0 bridgehead atoms. The molecule has 0 unspecified atom stereocenters. The maximum absolute atomic E-state index is 11.8. The molecule has 0 radical (unpaired) electrons. The van der Waals surface area contributed by atoms with Crippen LogP contribution in [0.15, 0.2) is 0 Å². The number of ether oxygens (including phenoxy) is 1. The molecule has 0 spiro atoms. The van der Waals surface area contributed by atoms with Gasteiger partial charge in [-0.05, 0) is 18.8 Å². The summed E-state index contributed by atoms with van der Waals surface area (Å²) < 4.78 is 5.67. The Morgan fingerprint density at radius 3 is 2.13 bits per heavy atom. The van der Waals surface area contributed by atoms with Crippen molar-refractivity contribution in [3.05, 3.63) is 0 Å². The highest BCUT2D eigenvalue weighted by molar-refractivity contribution is 5.84. The minimum Gasteiger partial charge on any atom is -0.370 e. The van der Waals surface area contributed by atoms with Gasteiger partial charge in [0.05, 0.1) is 0 Å². The first kappa shape index (κ1) is 14.6. The Morgan fingerprint density at radius 2 is 1.73 bits per heavy atom. The van der Waals surface area contributed by atoms with Crippen LogP contribution < -0.4 is 0 Å². The second-order valence-electron chi connectivity index (χ2n) is 4.89. The van der Waals surface area contributed by atoms with E-state index in [1.54, 1.807) is 0 Å². The van der Waals surface area contributed by atoms with Crippen LogP contribution in [0.4, 0.5) is 0 Å². The molecule has 0 aliphatic rings. The van der Waals surface area contributed by atoms with Gasteiger partial charge < -0.3 is 4.74 Å². The summed E-state index contributed by atoms with van der Waals surface area (Å²) in [6.07, 6.45) is 2.72. The monoisotopic (exact) mass is 214 g/mol. The van der Waals surface area contributed by atoms with Crippen molar-refractivity contribution in [3.8, 4) is 0 Å². The summed E-state index contributed by atoms with van der Waals surface area (Å²) in [6.45, 7) is 11.0. The Kier molecular flexibility index (Phi) is 7.67. The van der Waals surface area contributed by atoms with E-state index in [4.69, 9.17) is 4.74 Å². The fourth-order valence-electron chi connectivity index (χ4n) is 1.39. The molecule has 1 atom stereocenters. The second kappa shape index (κ2) is 7.86. The van der Waals surface area contributed by atoms with Crippen LogP contribution in [0.2, 0.25) is 0 Å². The van der Waals surface area contributed by atoms with Crippen LogP contribution in [-0.4, -0.2) is 18.5 Å². The summed E-state index contributed by atoms with van der Waals surface area (Å²) >= 11 is 0. The van der Waals surface area contributed by atoms with E-state index in [1.165, 1.54) is 0 Å². The van der Waals surface area contributed by atoms with Crippen molar-refractivity contribution in [3.63, 3.8) is 0 Å². The molecule has 15 heavy (non-hydrogen) atoms. The summed E-state index contributed by atoms with van der Waals surface area (Å²) in [4.78, 5) is 11.8. The Balaban J connectivity index is 3.98. The quantitative estimate of drug-likeness (QED) is 0.618. The van der Waals surface area contributed by atoms with Crippen LogP contribution >= 0.6 is 0 Å². The normalized spacial score (nSPS) is 13.5. The predicted molar refractivity (Wildman–Crippen MR) is 63.9 cm³/mol. The molecule has 0 fully saturated rings. The number of Topliss-reactive ketones (excluding diaryl/α,β-unsaturated/α-hetero) is 1. The van der Waals surface area contributed by atoms with Crippen molar-refractivity contribution in [2.45, 2.75) is 60.0 Å². The largest absolute Gasteiger partial charge is 0.370 e. The first-order valence-electron chi connectivity index (χ1n) is 6.14. The van der Waals surface area contributed by atoms with E-state index in [2.05, 4.69) is 20.8 Å². The molecule has 0 aromatic rings. The molecule has 0 saturated carbocycles. The van der Waals surface area contributed by atoms with E-state index in [9.17, 15) is 4.79 Å².